The van der Waals surface area contributed by atoms with E-state index in [1.807, 2.05) is 20.0 Å². The van der Waals surface area contributed by atoms with Crippen LogP contribution in [0.1, 0.15) is 49.6 Å². The van der Waals surface area contributed by atoms with Crippen LogP contribution in [0.4, 0.5) is 4.39 Å². The van der Waals surface area contributed by atoms with E-state index >= 15 is 0 Å². The Hall–Kier alpha value is -3.06. The fourth-order valence-corrected chi connectivity index (χ4v) is 4.16. The SMILES string of the molecule is Cc1nn(C)c2nc(C(C)C)c(/C=C/[C@@H]3C[C@@H](O)CC(=O)O3)c(-c3ccc(F)cc3)c12. The number of carbonyl (C=O) groups excluding carboxylic acids is 1. The van der Waals surface area contributed by atoms with Crippen molar-refractivity contribution in [1.29, 1.82) is 0 Å². The van der Waals surface area contributed by atoms with Crippen LogP contribution in [0.25, 0.3) is 28.2 Å². The van der Waals surface area contributed by atoms with Crippen LogP contribution in [-0.4, -0.2) is 38.0 Å². The van der Waals surface area contributed by atoms with E-state index in [9.17, 15) is 14.3 Å². The number of halogens is 1. The highest BCUT2D eigenvalue weighted by molar-refractivity contribution is 5.99. The molecule has 31 heavy (non-hydrogen) atoms. The molecule has 0 spiro atoms. The van der Waals surface area contributed by atoms with Crippen molar-refractivity contribution >= 4 is 23.1 Å². The van der Waals surface area contributed by atoms with E-state index in [0.717, 1.165) is 39.1 Å². The molecule has 2 atom stereocenters. The summed E-state index contributed by atoms with van der Waals surface area (Å²) in [7, 11) is 1.86. The fraction of sp³-hybridized carbons (Fsp3) is 0.375. The van der Waals surface area contributed by atoms with Crippen molar-refractivity contribution in [2.75, 3.05) is 0 Å². The predicted octanol–water partition coefficient (Wildman–Crippen LogP) is 4.29. The third-order valence-electron chi connectivity index (χ3n) is 5.56. The van der Waals surface area contributed by atoms with Gasteiger partial charge in [0.25, 0.3) is 0 Å². The minimum absolute atomic E-state index is 0.0187. The smallest absolute Gasteiger partial charge is 0.309 e. The molecule has 0 amide bonds. The Balaban J connectivity index is 1.95. The molecule has 0 bridgehead atoms. The quantitative estimate of drug-likeness (QED) is 0.634. The average molecular weight is 423 g/mol. The number of nitrogens with zero attached hydrogens (tertiary/aromatic N) is 3. The first kappa shape index (κ1) is 21.2. The maximum atomic E-state index is 13.7. The molecule has 1 aromatic carbocycles. The zero-order valence-electron chi connectivity index (χ0n) is 18.1. The van der Waals surface area contributed by atoms with Gasteiger partial charge in [-0.2, -0.15) is 5.10 Å². The Morgan fingerprint density at radius 1 is 1.29 bits per heavy atom. The van der Waals surface area contributed by atoms with Crippen LogP contribution in [0.5, 0.6) is 0 Å². The van der Waals surface area contributed by atoms with Gasteiger partial charge in [0.2, 0.25) is 0 Å². The summed E-state index contributed by atoms with van der Waals surface area (Å²) < 4.78 is 20.8. The predicted molar refractivity (Wildman–Crippen MR) is 117 cm³/mol. The minimum Gasteiger partial charge on any atom is -0.458 e. The Kier molecular flexibility index (Phi) is 5.62. The van der Waals surface area contributed by atoms with Crippen molar-refractivity contribution in [2.24, 2.45) is 7.05 Å². The molecule has 3 heterocycles. The van der Waals surface area contributed by atoms with Gasteiger partial charge in [-0.25, -0.2) is 9.37 Å². The number of rotatable bonds is 4. The highest BCUT2D eigenvalue weighted by atomic mass is 19.1. The van der Waals surface area contributed by atoms with E-state index in [1.54, 1.807) is 22.9 Å². The molecule has 0 radical (unpaired) electrons. The van der Waals surface area contributed by atoms with Crippen molar-refractivity contribution in [3.8, 4) is 11.1 Å². The van der Waals surface area contributed by atoms with Gasteiger partial charge >= 0.3 is 5.97 Å². The molecule has 2 aromatic heterocycles. The lowest BCUT2D eigenvalue weighted by Crippen LogP contribution is -2.31. The number of ether oxygens (including phenoxy) is 1. The van der Waals surface area contributed by atoms with Gasteiger partial charge < -0.3 is 9.84 Å². The summed E-state index contributed by atoms with van der Waals surface area (Å²) in [6.45, 7) is 6.06. The standard InChI is InChI=1S/C24H26FN3O3/c1-13(2)23-19(10-9-18-11-17(29)12-20(30)31-18)22(15-5-7-16(25)8-6-15)21-14(3)27-28(4)24(21)26-23/h5-10,13,17-18,29H,11-12H2,1-4H3/b10-9+/t17-,18-/m1/s1. The highest BCUT2D eigenvalue weighted by Gasteiger charge is 2.26. The van der Waals surface area contributed by atoms with Crippen LogP contribution >= 0.6 is 0 Å². The van der Waals surface area contributed by atoms with Crippen LogP contribution in [0.3, 0.4) is 0 Å². The molecule has 1 aliphatic rings. The summed E-state index contributed by atoms with van der Waals surface area (Å²) in [5.74, 6) is -0.605. The van der Waals surface area contributed by atoms with Crippen LogP contribution in [0.2, 0.25) is 0 Å². The third-order valence-corrected chi connectivity index (χ3v) is 5.56. The van der Waals surface area contributed by atoms with Gasteiger partial charge in [0, 0.05) is 24.6 Å². The molecule has 7 heteroatoms. The van der Waals surface area contributed by atoms with Crippen molar-refractivity contribution in [2.45, 2.75) is 51.7 Å². The summed E-state index contributed by atoms with van der Waals surface area (Å²) in [5, 5.41) is 15.4. The van der Waals surface area contributed by atoms with Gasteiger partial charge in [0.15, 0.2) is 5.65 Å². The molecule has 1 saturated heterocycles. The molecule has 0 saturated carbocycles. The van der Waals surface area contributed by atoms with Gasteiger partial charge in [-0.1, -0.05) is 32.1 Å². The van der Waals surface area contributed by atoms with Crippen molar-refractivity contribution in [3.05, 3.63) is 53.1 Å². The number of benzene rings is 1. The molecule has 0 aliphatic carbocycles. The van der Waals surface area contributed by atoms with E-state index < -0.39 is 18.2 Å². The number of aryl methyl sites for hydroxylation is 2. The van der Waals surface area contributed by atoms with Crippen molar-refractivity contribution in [1.82, 2.24) is 14.8 Å². The van der Waals surface area contributed by atoms with Crippen LogP contribution in [0, 0.1) is 12.7 Å². The average Bonchev–Trinajstić information content (AvgIpc) is 2.99. The second-order valence-electron chi connectivity index (χ2n) is 8.34. The van der Waals surface area contributed by atoms with E-state index in [2.05, 4.69) is 18.9 Å². The van der Waals surface area contributed by atoms with Gasteiger partial charge in [0.05, 0.1) is 29.3 Å². The Morgan fingerprint density at radius 3 is 2.65 bits per heavy atom. The second kappa shape index (κ2) is 8.23. The number of aromatic nitrogens is 3. The maximum absolute atomic E-state index is 13.7. The molecule has 4 rings (SSSR count). The second-order valence-corrected chi connectivity index (χ2v) is 8.34. The van der Waals surface area contributed by atoms with Crippen LogP contribution < -0.4 is 0 Å². The lowest BCUT2D eigenvalue weighted by Gasteiger charge is -2.24. The maximum Gasteiger partial charge on any atom is 0.309 e. The van der Waals surface area contributed by atoms with Gasteiger partial charge in [-0.05, 0) is 36.6 Å². The lowest BCUT2D eigenvalue weighted by atomic mass is 9.91. The van der Waals surface area contributed by atoms with Gasteiger partial charge in [-0.15, -0.1) is 0 Å². The number of hydrogen-bond acceptors (Lipinski definition) is 5. The number of carbonyl (C=O) groups is 1. The Bertz CT molecular complexity index is 1170. The number of pyridine rings is 1. The number of esters is 1. The molecule has 1 fully saturated rings. The molecule has 1 N–H and O–H groups in total. The van der Waals surface area contributed by atoms with Gasteiger partial charge in [0.1, 0.15) is 11.9 Å². The number of hydrogen-bond donors (Lipinski definition) is 1. The number of aliphatic hydroxyl groups is 1. The molecular formula is C24H26FN3O3. The van der Waals surface area contributed by atoms with E-state index in [4.69, 9.17) is 9.72 Å². The topological polar surface area (TPSA) is 77.2 Å². The third kappa shape index (κ3) is 4.10. The highest BCUT2D eigenvalue weighted by Crippen LogP contribution is 2.38. The normalized spacial score (nSPS) is 19.5. The minimum atomic E-state index is -0.710. The summed E-state index contributed by atoms with van der Waals surface area (Å²) in [4.78, 5) is 16.6. The Labute approximate surface area is 180 Å². The van der Waals surface area contributed by atoms with E-state index in [0.29, 0.717) is 6.42 Å². The van der Waals surface area contributed by atoms with E-state index in [-0.39, 0.29) is 18.2 Å². The first-order chi connectivity index (χ1) is 14.7. The Morgan fingerprint density at radius 2 is 2.00 bits per heavy atom. The van der Waals surface area contributed by atoms with Crippen LogP contribution in [-0.2, 0) is 16.6 Å². The van der Waals surface area contributed by atoms with Crippen molar-refractivity contribution < 1.29 is 19.0 Å². The number of cyclic esters (lactones) is 1. The summed E-state index contributed by atoms with van der Waals surface area (Å²) in [6.07, 6.45) is 2.86. The summed E-state index contributed by atoms with van der Waals surface area (Å²) >= 11 is 0. The molecule has 1 aliphatic heterocycles. The molecule has 162 valence electrons. The molecule has 6 nitrogen and oxygen atoms in total. The fourth-order valence-electron chi connectivity index (χ4n) is 4.16. The van der Waals surface area contributed by atoms with Crippen LogP contribution in [0.15, 0.2) is 30.3 Å². The zero-order chi connectivity index (χ0) is 22.3. The largest absolute Gasteiger partial charge is 0.458 e. The lowest BCUT2D eigenvalue weighted by molar-refractivity contribution is -0.156. The van der Waals surface area contributed by atoms with Crippen molar-refractivity contribution in [3.63, 3.8) is 0 Å². The van der Waals surface area contributed by atoms with Gasteiger partial charge in [-0.3, -0.25) is 9.48 Å². The van der Waals surface area contributed by atoms with E-state index in [1.165, 1.54) is 12.1 Å². The molecule has 3 aromatic rings. The number of aliphatic hydroxyl groups excluding tert-OH is 1. The monoisotopic (exact) mass is 423 g/mol. The molecular weight excluding hydrogens is 397 g/mol. The first-order valence-electron chi connectivity index (χ1n) is 10.4. The zero-order valence-corrected chi connectivity index (χ0v) is 18.1. The molecule has 0 unspecified atom stereocenters. The summed E-state index contributed by atoms with van der Waals surface area (Å²) in [6, 6.07) is 6.38. The first-order valence-corrected chi connectivity index (χ1v) is 10.4. The number of fused-ring (bicyclic) bond motifs is 1. The summed E-state index contributed by atoms with van der Waals surface area (Å²) in [5.41, 5.74) is 5.10.